The monoisotopic (exact) mass is 260 g/mol. The van der Waals surface area contributed by atoms with Gasteiger partial charge in [-0.25, -0.2) is 0 Å². The fourth-order valence-electron chi connectivity index (χ4n) is 2.54. The summed E-state index contributed by atoms with van der Waals surface area (Å²) in [6, 6.07) is 8.92. The standard InChI is InChI=1S/C16H24N2O/c1-13(17)12-14-6-5-7-16-15(14)8-10-18(16)9-3-4-11-19-2/h5-8,10,13H,3-4,9,11-12,17H2,1-2H3. The first-order valence-electron chi connectivity index (χ1n) is 7.03. The summed E-state index contributed by atoms with van der Waals surface area (Å²) >= 11 is 0. The van der Waals surface area contributed by atoms with Gasteiger partial charge in [-0.1, -0.05) is 12.1 Å². The molecule has 2 aromatic rings. The molecule has 3 heteroatoms. The average molecular weight is 260 g/mol. The third kappa shape index (κ3) is 3.58. The second-order valence-corrected chi connectivity index (χ2v) is 5.24. The Labute approximate surface area is 115 Å². The maximum atomic E-state index is 5.92. The maximum Gasteiger partial charge on any atom is 0.0483 e. The minimum absolute atomic E-state index is 0.204. The summed E-state index contributed by atoms with van der Waals surface area (Å²) in [5.41, 5.74) is 8.58. The van der Waals surface area contributed by atoms with Crippen molar-refractivity contribution in [1.82, 2.24) is 4.57 Å². The summed E-state index contributed by atoms with van der Waals surface area (Å²) in [6.45, 7) is 3.95. The maximum absolute atomic E-state index is 5.92. The lowest BCUT2D eigenvalue weighted by Crippen LogP contribution is -2.17. The molecule has 1 unspecified atom stereocenters. The van der Waals surface area contributed by atoms with Crippen LogP contribution >= 0.6 is 0 Å². The Bertz CT molecular complexity index is 516. The predicted molar refractivity (Wildman–Crippen MR) is 80.4 cm³/mol. The highest BCUT2D eigenvalue weighted by atomic mass is 16.5. The van der Waals surface area contributed by atoms with Crippen LogP contribution in [-0.2, 0) is 17.7 Å². The van der Waals surface area contributed by atoms with E-state index in [4.69, 9.17) is 10.5 Å². The van der Waals surface area contributed by atoms with Gasteiger partial charge in [-0.2, -0.15) is 0 Å². The lowest BCUT2D eigenvalue weighted by atomic mass is 10.0. The van der Waals surface area contributed by atoms with E-state index in [1.165, 1.54) is 16.5 Å². The van der Waals surface area contributed by atoms with E-state index >= 15 is 0 Å². The largest absolute Gasteiger partial charge is 0.385 e. The Hall–Kier alpha value is -1.32. The Balaban J connectivity index is 2.14. The Morgan fingerprint density at radius 2 is 2.11 bits per heavy atom. The number of rotatable bonds is 7. The molecule has 0 saturated carbocycles. The number of benzene rings is 1. The van der Waals surface area contributed by atoms with E-state index in [2.05, 4.69) is 42.0 Å². The van der Waals surface area contributed by atoms with E-state index in [1.807, 2.05) is 0 Å². The molecule has 104 valence electrons. The van der Waals surface area contributed by atoms with Crippen molar-refractivity contribution >= 4 is 10.9 Å². The van der Waals surface area contributed by atoms with Crippen LogP contribution in [-0.4, -0.2) is 24.3 Å². The zero-order chi connectivity index (χ0) is 13.7. The van der Waals surface area contributed by atoms with Crippen molar-refractivity contribution in [2.45, 2.75) is 38.8 Å². The van der Waals surface area contributed by atoms with Crippen LogP contribution < -0.4 is 5.73 Å². The van der Waals surface area contributed by atoms with Gasteiger partial charge in [0.25, 0.3) is 0 Å². The lowest BCUT2D eigenvalue weighted by Gasteiger charge is -2.09. The number of aryl methyl sites for hydroxylation is 1. The molecular weight excluding hydrogens is 236 g/mol. The summed E-state index contributed by atoms with van der Waals surface area (Å²) < 4.78 is 7.42. The molecule has 0 aliphatic rings. The fourth-order valence-corrected chi connectivity index (χ4v) is 2.54. The van der Waals surface area contributed by atoms with E-state index in [0.717, 1.165) is 32.4 Å². The summed E-state index contributed by atoms with van der Waals surface area (Å²) in [6.07, 6.45) is 5.37. The molecule has 2 N–H and O–H groups in total. The highest BCUT2D eigenvalue weighted by molar-refractivity contribution is 5.83. The van der Waals surface area contributed by atoms with Gasteiger partial charge in [0.05, 0.1) is 0 Å². The molecular formula is C16H24N2O. The molecule has 2 rings (SSSR count). The number of hydrogen-bond donors (Lipinski definition) is 1. The summed E-state index contributed by atoms with van der Waals surface area (Å²) in [7, 11) is 1.76. The van der Waals surface area contributed by atoms with Gasteiger partial charge >= 0.3 is 0 Å². The van der Waals surface area contributed by atoms with Crippen molar-refractivity contribution in [1.29, 1.82) is 0 Å². The van der Waals surface area contributed by atoms with E-state index in [-0.39, 0.29) is 6.04 Å². The van der Waals surface area contributed by atoms with E-state index in [1.54, 1.807) is 7.11 Å². The zero-order valence-corrected chi connectivity index (χ0v) is 11.9. The topological polar surface area (TPSA) is 40.2 Å². The van der Waals surface area contributed by atoms with Gasteiger partial charge in [-0.15, -0.1) is 0 Å². The summed E-state index contributed by atoms with van der Waals surface area (Å²) in [4.78, 5) is 0. The zero-order valence-electron chi connectivity index (χ0n) is 11.9. The number of aromatic nitrogens is 1. The molecule has 0 fully saturated rings. The van der Waals surface area contributed by atoms with Crippen LogP contribution in [0.1, 0.15) is 25.3 Å². The molecule has 0 radical (unpaired) electrons. The highest BCUT2D eigenvalue weighted by Crippen LogP contribution is 2.21. The Morgan fingerprint density at radius 1 is 1.26 bits per heavy atom. The molecule has 0 saturated heterocycles. The van der Waals surface area contributed by atoms with Crippen LogP contribution in [0.2, 0.25) is 0 Å². The Kier molecular flexibility index (Phi) is 5.00. The second kappa shape index (κ2) is 6.73. The molecule has 1 aromatic heterocycles. The van der Waals surface area contributed by atoms with Crippen molar-refractivity contribution in [3.63, 3.8) is 0 Å². The number of ether oxygens (including phenoxy) is 1. The van der Waals surface area contributed by atoms with Gasteiger partial charge < -0.3 is 15.0 Å². The fraction of sp³-hybridized carbons (Fsp3) is 0.500. The molecule has 0 amide bonds. The third-order valence-electron chi connectivity index (χ3n) is 3.44. The van der Waals surface area contributed by atoms with Crippen LogP contribution in [0.15, 0.2) is 30.5 Å². The SMILES string of the molecule is COCCCCn1ccc2c(CC(C)N)cccc21. The van der Waals surface area contributed by atoms with Crippen molar-refractivity contribution in [3.05, 3.63) is 36.0 Å². The molecule has 19 heavy (non-hydrogen) atoms. The molecule has 3 nitrogen and oxygen atoms in total. The van der Waals surface area contributed by atoms with E-state index in [9.17, 15) is 0 Å². The van der Waals surface area contributed by atoms with E-state index < -0.39 is 0 Å². The normalized spacial score (nSPS) is 13.0. The number of fused-ring (bicyclic) bond motifs is 1. The van der Waals surface area contributed by atoms with E-state index in [0.29, 0.717) is 0 Å². The second-order valence-electron chi connectivity index (χ2n) is 5.24. The van der Waals surface area contributed by atoms with Crippen molar-refractivity contribution in [2.24, 2.45) is 5.73 Å². The number of methoxy groups -OCH3 is 1. The molecule has 0 bridgehead atoms. The molecule has 1 atom stereocenters. The lowest BCUT2D eigenvalue weighted by molar-refractivity contribution is 0.191. The molecule has 1 heterocycles. The number of nitrogens with zero attached hydrogens (tertiary/aromatic N) is 1. The van der Waals surface area contributed by atoms with Crippen molar-refractivity contribution < 1.29 is 4.74 Å². The van der Waals surface area contributed by atoms with Gasteiger partial charge in [-0.05, 0) is 43.9 Å². The predicted octanol–water partition coefficient (Wildman–Crippen LogP) is 2.96. The smallest absolute Gasteiger partial charge is 0.0483 e. The average Bonchev–Trinajstić information content (AvgIpc) is 2.79. The van der Waals surface area contributed by atoms with Gasteiger partial charge in [0.2, 0.25) is 0 Å². The first kappa shape index (κ1) is 14.1. The summed E-state index contributed by atoms with van der Waals surface area (Å²) in [5.74, 6) is 0. The first-order chi connectivity index (χ1) is 9.22. The highest BCUT2D eigenvalue weighted by Gasteiger charge is 2.06. The Morgan fingerprint density at radius 3 is 2.84 bits per heavy atom. The van der Waals surface area contributed by atoms with Crippen LogP contribution in [0.5, 0.6) is 0 Å². The van der Waals surface area contributed by atoms with Gasteiger partial charge in [-0.3, -0.25) is 0 Å². The van der Waals surface area contributed by atoms with Crippen LogP contribution in [0.3, 0.4) is 0 Å². The molecule has 0 spiro atoms. The van der Waals surface area contributed by atoms with Gasteiger partial charge in [0.1, 0.15) is 0 Å². The van der Waals surface area contributed by atoms with Crippen LogP contribution in [0.25, 0.3) is 10.9 Å². The first-order valence-corrected chi connectivity index (χ1v) is 7.03. The molecule has 0 aliphatic heterocycles. The summed E-state index contributed by atoms with van der Waals surface area (Å²) in [5, 5.41) is 1.34. The number of nitrogens with two attached hydrogens (primary N) is 1. The quantitative estimate of drug-likeness (QED) is 0.777. The third-order valence-corrected chi connectivity index (χ3v) is 3.44. The minimum atomic E-state index is 0.204. The number of unbranched alkanes of at least 4 members (excludes halogenated alkanes) is 1. The van der Waals surface area contributed by atoms with Crippen molar-refractivity contribution in [2.75, 3.05) is 13.7 Å². The minimum Gasteiger partial charge on any atom is -0.385 e. The van der Waals surface area contributed by atoms with Gasteiger partial charge in [0.15, 0.2) is 0 Å². The number of hydrogen-bond acceptors (Lipinski definition) is 2. The molecule has 1 aromatic carbocycles. The molecule has 0 aliphatic carbocycles. The van der Waals surface area contributed by atoms with Crippen LogP contribution in [0, 0.1) is 0 Å². The van der Waals surface area contributed by atoms with Gasteiger partial charge in [0, 0.05) is 43.4 Å². The van der Waals surface area contributed by atoms with Crippen LogP contribution in [0.4, 0.5) is 0 Å². The van der Waals surface area contributed by atoms with Crippen molar-refractivity contribution in [3.8, 4) is 0 Å².